The van der Waals surface area contributed by atoms with Crippen LogP contribution in [0.1, 0.15) is 10.4 Å². The van der Waals surface area contributed by atoms with Crippen LogP contribution in [-0.4, -0.2) is 23.2 Å². The molecule has 0 atom stereocenters. The van der Waals surface area contributed by atoms with Gasteiger partial charge in [-0.05, 0) is 0 Å². The zero-order valence-corrected chi connectivity index (χ0v) is 6.24. The molecule has 4 nitrogen and oxygen atoms in total. The van der Waals surface area contributed by atoms with E-state index in [4.69, 9.17) is 5.11 Å². The maximum atomic E-state index is 12.8. The standard InChI is InChI=1S/C7H6FNO3/c1-12-7(11)6-4(8)2-9-3-5(6)10/h2-3,10H,1H3. The number of carbonyl (C=O) groups excluding carboxylic acids is 1. The molecule has 0 saturated heterocycles. The van der Waals surface area contributed by atoms with Crippen LogP contribution < -0.4 is 0 Å². The molecule has 0 fully saturated rings. The van der Waals surface area contributed by atoms with Crippen molar-refractivity contribution in [1.29, 1.82) is 0 Å². The van der Waals surface area contributed by atoms with E-state index in [0.717, 1.165) is 19.5 Å². The van der Waals surface area contributed by atoms with Gasteiger partial charge in [-0.1, -0.05) is 0 Å². The number of hydrogen-bond acceptors (Lipinski definition) is 4. The van der Waals surface area contributed by atoms with E-state index in [1.54, 1.807) is 0 Å². The predicted octanol–water partition coefficient (Wildman–Crippen LogP) is 0.713. The number of hydrogen-bond donors (Lipinski definition) is 1. The number of nitrogens with zero attached hydrogens (tertiary/aromatic N) is 1. The van der Waals surface area contributed by atoms with E-state index in [-0.39, 0.29) is 0 Å². The molecule has 0 bridgehead atoms. The molecule has 0 radical (unpaired) electrons. The summed E-state index contributed by atoms with van der Waals surface area (Å²) in [7, 11) is 1.10. The van der Waals surface area contributed by atoms with E-state index in [9.17, 15) is 9.18 Å². The molecule has 0 saturated carbocycles. The highest BCUT2D eigenvalue weighted by Gasteiger charge is 2.16. The molecular weight excluding hydrogens is 165 g/mol. The molecule has 1 rings (SSSR count). The molecule has 12 heavy (non-hydrogen) atoms. The zero-order valence-electron chi connectivity index (χ0n) is 6.24. The maximum absolute atomic E-state index is 12.8. The third kappa shape index (κ3) is 1.34. The Labute approximate surface area is 67.6 Å². The van der Waals surface area contributed by atoms with Gasteiger partial charge in [0.25, 0.3) is 0 Å². The first-order valence-electron chi connectivity index (χ1n) is 3.07. The normalized spacial score (nSPS) is 9.50. The third-order valence-corrected chi connectivity index (χ3v) is 1.27. The second-order valence-corrected chi connectivity index (χ2v) is 2.01. The van der Waals surface area contributed by atoms with Crippen molar-refractivity contribution in [2.24, 2.45) is 0 Å². The summed E-state index contributed by atoms with van der Waals surface area (Å²) < 4.78 is 17.0. The molecule has 5 heteroatoms. The topological polar surface area (TPSA) is 59.4 Å². The van der Waals surface area contributed by atoms with E-state index >= 15 is 0 Å². The van der Waals surface area contributed by atoms with Crippen molar-refractivity contribution in [1.82, 2.24) is 4.98 Å². The molecule has 1 aromatic heterocycles. The van der Waals surface area contributed by atoms with Crippen molar-refractivity contribution in [2.75, 3.05) is 7.11 Å². The highest BCUT2D eigenvalue weighted by atomic mass is 19.1. The number of methoxy groups -OCH3 is 1. The number of ether oxygens (including phenoxy) is 1. The Kier molecular flexibility index (Phi) is 2.23. The van der Waals surface area contributed by atoms with Crippen LogP contribution in [0.5, 0.6) is 5.75 Å². The van der Waals surface area contributed by atoms with Crippen LogP contribution in [0.2, 0.25) is 0 Å². The Morgan fingerprint density at radius 3 is 2.83 bits per heavy atom. The molecule has 0 amide bonds. The van der Waals surface area contributed by atoms with E-state index in [1.165, 1.54) is 0 Å². The number of carbonyl (C=O) groups is 1. The van der Waals surface area contributed by atoms with Gasteiger partial charge in [0.2, 0.25) is 0 Å². The molecule has 0 aliphatic carbocycles. The quantitative estimate of drug-likeness (QED) is 0.632. The summed E-state index contributed by atoms with van der Waals surface area (Å²) in [4.78, 5) is 14.1. The largest absolute Gasteiger partial charge is 0.505 e. The number of aromatic hydroxyl groups is 1. The minimum atomic E-state index is -0.924. The number of aromatic nitrogens is 1. The first kappa shape index (κ1) is 8.45. The lowest BCUT2D eigenvalue weighted by Crippen LogP contribution is -2.05. The van der Waals surface area contributed by atoms with Crippen LogP contribution in [0.3, 0.4) is 0 Å². The molecule has 0 spiro atoms. The van der Waals surface area contributed by atoms with Gasteiger partial charge in [-0.3, -0.25) is 4.98 Å². The van der Waals surface area contributed by atoms with Crippen LogP contribution in [0.15, 0.2) is 12.4 Å². The van der Waals surface area contributed by atoms with Crippen molar-refractivity contribution in [2.45, 2.75) is 0 Å². The SMILES string of the molecule is COC(=O)c1c(O)cncc1F. The van der Waals surface area contributed by atoms with E-state index in [2.05, 4.69) is 9.72 Å². The van der Waals surface area contributed by atoms with Gasteiger partial charge in [-0.15, -0.1) is 0 Å². The van der Waals surface area contributed by atoms with E-state index < -0.39 is 23.1 Å². The van der Waals surface area contributed by atoms with Crippen LogP contribution in [0.25, 0.3) is 0 Å². The molecule has 64 valence electrons. The van der Waals surface area contributed by atoms with Gasteiger partial charge in [0.1, 0.15) is 5.56 Å². The van der Waals surface area contributed by atoms with Crippen LogP contribution >= 0.6 is 0 Å². The molecule has 1 aromatic rings. The van der Waals surface area contributed by atoms with Gasteiger partial charge in [-0.2, -0.15) is 0 Å². The zero-order chi connectivity index (χ0) is 9.14. The fourth-order valence-electron chi connectivity index (χ4n) is 0.729. The van der Waals surface area contributed by atoms with Gasteiger partial charge in [0.05, 0.1) is 19.5 Å². The molecule has 0 aliphatic rings. The lowest BCUT2D eigenvalue weighted by Gasteiger charge is -2.01. The molecule has 1 heterocycles. The second-order valence-electron chi connectivity index (χ2n) is 2.01. The van der Waals surface area contributed by atoms with Crippen LogP contribution in [0, 0.1) is 5.82 Å². The number of pyridine rings is 1. The van der Waals surface area contributed by atoms with E-state index in [1.807, 2.05) is 0 Å². The third-order valence-electron chi connectivity index (χ3n) is 1.27. The fraction of sp³-hybridized carbons (Fsp3) is 0.143. The predicted molar refractivity (Wildman–Crippen MR) is 37.2 cm³/mol. The summed E-state index contributed by atoms with van der Waals surface area (Å²) in [5.41, 5.74) is -0.493. The summed E-state index contributed by atoms with van der Waals surface area (Å²) in [6, 6.07) is 0. The number of esters is 1. The van der Waals surface area contributed by atoms with Crippen molar-refractivity contribution >= 4 is 5.97 Å². The second kappa shape index (κ2) is 3.17. The highest BCUT2D eigenvalue weighted by Crippen LogP contribution is 2.18. The Morgan fingerprint density at radius 1 is 1.67 bits per heavy atom. The van der Waals surface area contributed by atoms with Gasteiger partial charge in [-0.25, -0.2) is 9.18 Å². The van der Waals surface area contributed by atoms with Gasteiger partial charge >= 0.3 is 5.97 Å². The maximum Gasteiger partial charge on any atom is 0.344 e. The summed E-state index contributed by atoms with van der Waals surface area (Å²) in [6.45, 7) is 0. The van der Waals surface area contributed by atoms with Crippen LogP contribution in [-0.2, 0) is 4.74 Å². The first-order valence-corrected chi connectivity index (χ1v) is 3.07. The van der Waals surface area contributed by atoms with Gasteiger partial charge in [0.15, 0.2) is 11.6 Å². The average molecular weight is 171 g/mol. The minimum absolute atomic E-state index is 0.493. The monoisotopic (exact) mass is 171 g/mol. The van der Waals surface area contributed by atoms with Crippen molar-refractivity contribution in [3.8, 4) is 5.75 Å². The highest BCUT2D eigenvalue weighted by molar-refractivity contribution is 5.92. The van der Waals surface area contributed by atoms with Crippen molar-refractivity contribution < 1.29 is 19.0 Å². The Bertz CT molecular complexity index is 293. The molecule has 0 aromatic carbocycles. The summed E-state index contributed by atoms with van der Waals surface area (Å²) in [5, 5.41) is 8.99. The Hall–Kier alpha value is -1.65. The van der Waals surface area contributed by atoms with Gasteiger partial charge in [0, 0.05) is 0 Å². The summed E-state index contributed by atoms with van der Waals surface area (Å²) in [5.74, 6) is -2.35. The Morgan fingerprint density at radius 2 is 2.33 bits per heavy atom. The number of rotatable bonds is 1. The molecule has 0 aliphatic heterocycles. The van der Waals surface area contributed by atoms with Crippen LogP contribution in [0.4, 0.5) is 4.39 Å². The molecule has 1 N–H and O–H groups in total. The van der Waals surface area contributed by atoms with Crippen molar-refractivity contribution in [3.63, 3.8) is 0 Å². The lowest BCUT2D eigenvalue weighted by atomic mass is 10.2. The smallest absolute Gasteiger partial charge is 0.344 e. The lowest BCUT2D eigenvalue weighted by molar-refractivity contribution is 0.0591. The molecular formula is C7H6FNO3. The summed E-state index contributed by atoms with van der Waals surface area (Å²) in [6.07, 6.45) is 1.79. The van der Waals surface area contributed by atoms with E-state index in [0.29, 0.717) is 0 Å². The van der Waals surface area contributed by atoms with Gasteiger partial charge < -0.3 is 9.84 Å². The average Bonchev–Trinajstić information content (AvgIpc) is 2.03. The first-order chi connectivity index (χ1) is 5.66. The minimum Gasteiger partial charge on any atom is -0.505 e. The van der Waals surface area contributed by atoms with Crippen molar-refractivity contribution in [3.05, 3.63) is 23.8 Å². The fourth-order valence-corrected chi connectivity index (χ4v) is 0.729. The molecule has 0 unspecified atom stereocenters. The Balaban J connectivity index is 3.21. The number of halogens is 1. The summed E-state index contributed by atoms with van der Waals surface area (Å²) >= 11 is 0.